The largest absolute Gasteiger partial charge is 0.481 e. The second-order valence-corrected chi connectivity index (χ2v) is 9.80. The quantitative estimate of drug-likeness (QED) is 0.615. The van der Waals surface area contributed by atoms with Gasteiger partial charge >= 0.3 is 5.97 Å². The van der Waals surface area contributed by atoms with E-state index in [-0.39, 0.29) is 5.41 Å². The van der Waals surface area contributed by atoms with Gasteiger partial charge in [0.25, 0.3) is 0 Å². The summed E-state index contributed by atoms with van der Waals surface area (Å²) in [5.74, 6) is 1.78. The molecule has 4 rings (SSSR count). The third kappa shape index (κ3) is 2.63. The van der Waals surface area contributed by atoms with Crippen LogP contribution in [0, 0.1) is 34.5 Å². The molecule has 0 saturated heterocycles. The number of rotatable bonds is 4. The zero-order valence-electron chi connectivity index (χ0n) is 16.6. The molecule has 0 amide bonds. The van der Waals surface area contributed by atoms with Crippen molar-refractivity contribution in [3.05, 3.63) is 35.5 Å². The molecule has 0 aliphatic heterocycles. The molecule has 2 fully saturated rings. The van der Waals surface area contributed by atoms with E-state index in [9.17, 15) is 4.79 Å². The van der Waals surface area contributed by atoms with Crippen LogP contribution in [-0.4, -0.2) is 11.1 Å². The van der Waals surface area contributed by atoms with Gasteiger partial charge in [-0.15, -0.1) is 0 Å². The maximum absolute atomic E-state index is 11.0. The SMILES string of the molecule is CC(CCC(=O)O)C1CCC2=C3CCC4C=CCCC4(C)C3C=CC21C. The fourth-order valence-corrected chi connectivity index (χ4v) is 6.96. The van der Waals surface area contributed by atoms with Gasteiger partial charge < -0.3 is 5.11 Å². The summed E-state index contributed by atoms with van der Waals surface area (Å²) < 4.78 is 0. The zero-order chi connectivity index (χ0) is 18.5. The molecule has 2 nitrogen and oxygen atoms in total. The van der Waals surface area contributed by atoms with Gasteiger partial charge in [0.15, 0.2) is 0 Å². The van der Waals surface area contributed by atoms with Crippen molar-refractivity contribution in [2.75, 3.05) is 0 Å². The molecule has 6 unspecified atom stereocenters. The van der Waals surface area contributed by atoms with E-state index in [4.69, 9.17) is 5.11 Å². The van der Waals surface area contributed by atoms with Crippen molar-refractivity contribution in [2.24, 2.45) is 34.5 Å². The highest BCUT2D eigenvalue weighted by molar-refractivity contribution is 5.66. The minimum Gasteiger partial charge on any atom is -0.481 e. The van der Waals surface area contributed by atoms with Gasteiger partial charge in [-0.1, -0.05) is 56.2 Å². The van der Waals surface area contributed by atoms with Gasteiger partial charge in [-0.25, -0.2) is 0 Å². The topological polar surface area (TPSA) is 37.3 Å². The van der Waals surface area contributed by atoms with Crippen molar-refractivity contribution in [3.63, 3.8) is 0 Å². The Balaban J connectivity index is 1.63. The Kier molecular flexibility index (Phi) is 4.44. The fraction of sp³-hybridized carbons (Fsp3) is 0.708. The molecule has 2 heteroatoms. The summed E-state index contributed by atoms with van der Waals surface area (Å²) in [6.45, 7) is 7.24. The van der Waals surface area contributed by atoms with E-state index in [0.29, 0.717) is 29.6 Å². The van der Waals surface area contributed by atoms with Crippen molar-refractivity contribution in [1.82, 2.24) is 0 Å². The van der Waals surface area contributed by atoms with E-state index >= 15 is 0 Å². The normalized spacial score (nSPS) is 42.2. The van der Waals surface area contributed by atoms with Crippen molar-refractivity contribution in [1.29, 1.82) is 0 Å². The second-order valence-electron chi connectivity index (χ2n) is 9.80. The van der Waals surface area contributed by atoms with Crippen LogP contribution < -0.4 is 0 Å². The summed E-state index contributed by atoms with van der Waals surface area (Å²) in [7, 11) is 0. The number of aliphatic carboxylic acids is 1. The molecule has 4 aliphatic carbocycles. The first-order valence-corrected chi connectivity index (χ1v) is 10.7. The van der Waals surface area contributed by atoms with Crippen molar-refractivity contribution in [3.8, 4) is 0 Å². The first kappa shape index (κ1) is 18.1. The Morgan fingerprint density at radius 1 is 1.27 bits per heavy atom. The number of carbonyl (C=O) groups is 1. The highest BCUT2D eigenvalue weighted by atomic mass is 16.4. The van der Waals surface area contributed by atoms with Gasteiger partial charge in [0, 0.05) is 17.8 Å². The smallest absolute Gasteiger partial charge is 0.303 e. The molecule has 0 aromatic heterocycles. The lowest BCUT2D eigenvalue weighted by molar-refractivity contribution is -0.137. The Hall–Kier alpha value is -1.31. The number of carboxylic acid groups (broad SMARTS) is 1. The second kappa shape index (κ2) is 6.39. The summed E-state index contributed by atoms with van der Waals surface area (Å²) in [6.07, 6.45) is 18.7. The summed E-state index contributed by atoms with van der Waals surface area (Å²) in [5, 5.41) is 9.07. The van der Waals surface area contributed by atoms with Gasteiger partial charge in [-0.2, -0.15) is 0 Å². The Bertz CT molecular complexity index is 684. The predicted octanol–water partition coefficient (Wildman–Crippen LogP) is 6.15. The first-order chi connectivity index (χ1) is 12.4. The summed E-state index contributed by atoms with van der Waals surface area (Å²) in [5.41, 5.74) is 4.06. The number of hydrogen-bond donors (Lipinski definition) is 1. The van der Waals surface area contributed by atoms with E-state index in [0.717, 1.165) is 12.3 Å². The van der Waals surface area contributed by atoms with Crippen LogP contribution in [0.4, 0.5) is 0 Å². The molecular weight excluding hydrogens is 320 g/mol. The molecule has 0 spiro atoms. The van der Waals surface area contributed by atoms with E-state index < -0.39 is 5.97 Å². The minimum atomic E-state index is -0.658. The van der Waals surface area contributed by atoms with Crippen LogP contribution in [0.3, 0.4) is 0 Å². The van der Waals surface area contributed by atoms with Gasteiger partial charge in [0.05, 0.1) is 0 Å². The van der Waals surface area contributed by atoms with Crippen molar-refractivity contribution in [2.45, 2.75) is 72.1 Å². The van der Waals surface area contributed by atoms with Crippen LogP contribution in [-0.2, 0) is 4.79 Å². The molecule has 2 saturated carbocycles. The molecule has 0 radical (unpaired) electrons. The summed E-state index contributed by atoms with van der Waals surface area (Å²) >= 11 is 0. The van der Waals surface area contributed by atoms with Crippen molar-refractivity contribution < 1.29 is 9.90 Å². The maximum Gasteiger partial charge on any atom is 0.303 e. The Labute approximate surface area is 158 Å². The molecule has 1 N–H and O–H groups in total. The van der Waals surface area contributed by atoms with E-state index in [1.165, 1.54) is 38.5 Å². The maximum atomic E-state index is 11.0. The third-order valence-corrected chi connectivity index (χ3v) is 8.52. The van der Waals surface area contributed by atoms with Gasteiger partial charge in [0.2, 0.25) is 0 Å². The average molecular weight is 355 g/mol. The van der Waals surface area contributed by atoms with Gasteiger partial charge in [0.1, 0.15) is 0 Å². The molecule has 6 atom stereocenters. The lowest BCUT2D eigenvalue weighted by Crippen LogP contribution is -2.43. The Morgan fingerprint density at radius 3 is 2.85 bits per heavy atom. The molecule has 142 valence electrons. The predicted molar refractivity (Wildman–Crippen MR) is 106 cm³/mol. The highest BCUT2D eigenvalue weighted by Crippen LogP contribution is 2.62. The minimum absolute atomic E-state index is 0.164. The summed E-state index contributed by atoms with van der Waals surface area (Å²) in [4.78, 5) is 11.0. The molecule has 0 bridgehead atoms. The molecule has 0 heterocycles. The average Bonchev–Trinajstić information content (AvgIpc) is 2.96. The fourth-order valence-electron chi connectivity index (χ4n) is 6.96. The number of carboxylic acids is 1. The zero-order valence-corrected chi connectivity index (χ0v) is 16.6. The molecular formula is C24H34O2. The lowest BCUT2D eigenvalue weighted by Gasteiger charge is -2.52. The van der Waals surface area contributed by atoms with Gasteiger partial charge in [-0.3, -0.25) is 4.79 Å². The van der Waals surface area contributed by atoms with Crippen LogP contribution in [0.1, 0.15) is 72.1 Å². The highest BCUT2D eigenvalue weighted by Gasteiger charge is 2.52. The molecule has 0 aromatic carbocycles. The monoisotopic (exact) mass is 354 g/mol. The van der Waals surface area contributed by atoms with E-state index in [1.54, 1.807) is 11.1 Å². The van der Waals surface area contributed by atoms with Crippen molar-refractivity contribution >= 4 is 5.97 Å². The summed E-state index contributed by atoms with van der Waals surface area (Å²) in [6, 6.07) is 0. The van der Waals surface area contributed by atoms with Crippen LogP contribution in [0.25, 0.3) is 0 Å². The third-order valence-electron chi connectivity index (χ3n) is 8.52. The number of fused-ring (bicyclic) bond motifs is 4. The molecule has 26 heavy (non-hydrogen) atoms. The van der Waals surface area contributed by atoms with Crippen LogP contribution in [0.2, 0.25) is 0 Å². The van der Waals surface area contributed by atoms with Crippen LogP contribution in [0.5, 0.6) is 0 Å². The van der Waals surface area contributed by atoms with E-state index in [2.05, 4.69) is 45.1 Å². The first-order valence-electron chi connectivity index (χ1n) is 10.7. The van der Waals surface area contributed by atoms with Gasteiger partial charge in [-0.05, 0) is 68.1 Å². The number of allylic oxidation sites excluding steroid dienone is 6. The lowest BCUT2D eigenvalue weighted by atomic mass is 9.52. The number of hydrogen-bond acceptors (Lipinski definition) is 1. The standard InChI is InChI=1S/C24H34O2/c1-16(7-12-22(25)26)19-10-11-20-18-9-8-17-6-4-5-14-23(17,2)21(18)13-15-24(19,20)3/h4,6,13,15-17,19,21H,5,7-12,14H2,1-3H3,(H,25,26). The molecule has 4 aliphatic rings. The van der Waals surface area contributed by atoms with Crippen LogP contribution >= 0.6 is 0 Å². The molecule has 0 aromatic rings. The Morgan fingerprint density at radius 2 is 2.08 bits per heavy atom. The van der Waals surface area contributed by atoms with Crippen LogP contribution in [0.15, 0.2) is 35.5 Å². The van der Waals surface area contributed by atoms with E-state index in [1.807, 2.05) is 0 Å².